The van der Waals surface area contributed by atoms with E-state index in [0.717, 1.165) is 5.69 Å². The zero-order valence-electron chi connectivity index (χ0n) is 10.5. The van der Waals surface area contributed by atoms with Gasteiger partial charge in [0.05, 0.1) is 6.54 Å². The van der Waals surface area contributed by atoms with Gasteiger partial charge < -0.3 is 14.8 Å². The van der Waals surface area contributed by atoms with Crippen molar-refractivity contribution in [2.24, 2.45) is 7.05 Å². The van der Waals surface area contributed by atoms with Crippen LogP contribution in [0.5, 0.6) is 0 Å². The van der Waals surface area contributed by atoms with Crippen LogP contribution in [-0.2, 0) is 13.6 Å². The lowest BCUT2D eigenvalue weighted by Gasteiger charge is -2.27. The molecule has 1 N–H and O–H groups in total. The van der Waals surface area contributed by atoms with Gasteiger partial charge in [-0.05, 0) is 32.9 Å². The van der Waals surface area contributed by atoms with Crippen molar-refractivity contribution in [1.82, 2.24) is 14.8 Å². The van der Waals surface area contributed by atoms with Gasteiger partial charge in [-0.15, -0.1) is 0 Å². The van der Waals surface area contributed by atoms with Crippen molar-refractivity contribution in [2.75, 3.05) is 6.54 Å². The quantitative estimate of drug-likeness (QED) is 0.832. The highest BCUT2D eigenvalue weighted by molar-refractivity contribution is 5.74. The van der Waals surface area contributed by atoms with E-state index in [1.54, 1.807) is 0 Å². The van der Waals surface area contributed by atoms with Crippen molar-refractivity contribution in [1.29, 1.82) is 0 Å². The van der Waals surface area contributed by atoms with Crippen LogP contribution in [-0.4, -0.2) is 28.1 Å². The van der Waals surface area contributed by atoms with E-state index in [1.807, 2.05) is 55.6 Å². The second kappa shape index (κ2) is 5.58. The number of hydrogen-bond acceptors (Lipinski definition) is 1. The maximum Gasteiger partial charge on any atom is 0.317 e. The van der Waals surface area contributed by atoms with Crippen molar-refractivity contribution in [2.45, 2.75) is 33.4 Å². The van der Waals surface area contributed by atoms with Crippen LogP contribution in [0.4, 0.5) is 4.79 Å². The second-order valence-corrected chi connectivity index (χ2v) is 4.17. The number of nitrogens with zero attached hydrogens (tertiary/aromatic N) is 2. The Balaban J connectivity index is 2.72. The molecule has 0 unspecified atom stereocenters. The van der Waals surface area contributed by atoms with E-state index < -0.39 is 0 Å². The van der Waals surface area contributed by atoms with Gasteiger partial charge in [0, 0.05) is 31.5 Å². The molecule has 90 valence electrons. The van der Waals surface area contributed by atoms with Gasteiger partial charge in [0.1, 0.15) is 0 Å². The normalized spacial score (nSPS) is 10.6. The summed E-state index contributed by atoms with van der Waals surface area (Å²) in [6, 6.07) is 4.22. The van der Waals surface area contributed by atoms with Gasteiger partial charge >= 0.3 is 6.03 Å². The zero-order chi connectivity index (χ0) is 12.1. The van der Waals surface area contributed by atoms with E-state index in [2.05, 4.69) is 5.32 Å². The largest absolute Gasteiger partial charge is 0.353 e. The predicted molar refractivity (Wildman–Crippen MR) is 65.2 cm³/mol. The minimum absolute atomic E-state index is 0.00120. The van der Waals surface area contributed by atoms with Crippen LogP contribution in [0.2, 0.25) is 0 Å². The van der Waals surface area contributed by atoms with Crippen molar-refractivity contribution >= 4 is 6.03 Å². The molecule has 0 saturated heterocycles. The molecule has 0 spiro atoms. The number of nitrogens with one attached hydrogen (secondary N) is 1. The van der Waals surface area contributed by atoms with Gasteiger partial charge in [0.25, 0.3) is 0 Å². The first-order valence-corrected chi connectivity index (χ1v) is 5.71. The molecule has 0 aliphatic rings. The van der Waals surface area contributed by atoms with E-state index in [4.69, 9.17) is 0 Å². The van der Waals surface area contributed by atoms with Crippen LogP contribution in [0.25, 0.3) is 0 Å². The van der Waals surface area contributed by atoms with Gasteiger partial charge in [-0.1, -0.05) is 0 Å². The van der Waals surface area contributed by atoms with Gasteiger partial charge in [0.15, 0.2) is 0 Å². The molecule has 0 radical (unpaired) electrons. The van der Waals surface area contributed by atoms with Crippen molar-refractivity contribution in [3.63, 3.8) is 0 Å². The van der Waals surface area contributed by atoms with E-state index in [-0.39, 0.29) is 12.1 Å². The molecule has 16 heavy (non-hydrogen) atoms. The first-order chi connectivity index (χ1) is 7.56. The highest BCUT2D eigenvalue weighted by atomic mass is 16.2. The van der Waals surface area contributed by atoms with Crippen molar-refractivity contribution in [3.05, 3.63) is 24.0 Å². The van der Waals surface area contributed by atoms with Gasteiger partial charge in [-0.25, -0.2) is 4.79 Å². The maximum atomic E-state index is 11.8. The van der Waals surface area contributed by atoms with Crippen LogP contribution in [0.3, 0.4) is 0 Å². The smallest absolute Gasteiger partial charge is 0.317 e. The Morgan fingerprint density at radius 1 is 1.56 bits per heavy atom. The summed E-state index contributed by atoms with van der Waals surface area (Å²) < 4.78 is 2.04. The lowest BCUT2D eigenvalue weighted by atomic mass is 10.3. The fraction of sp³-hybridized carbons (Fsp3) is 0.583. The Morgan fingerprint density at radius 2 is 2.25 bits per heavy atom. The molecule has 1 rings (SSSR count). The third-order valence-corrected chi connectivity index (χ3v) is 2.60. The average molecular weight is 223 g/mol. The zero-order valence-corrected chi connectivity index (χ0v) is 10.5. The number of carbonyl (C=O) groups excluding carboxylic acids is 1. The van der Waals surface area contributed by atoms with E-state index in [9.17, 15) is 4.79 Å². The standard InChI is InChI=1S/C12H21N3O/c1-5-13-12(16)15(10(2)3)9-11-7-6-8-14(11)4/h6-8,10H,5,9H2,1-4H3,(H,13,16). The number of carbonyl (C=O) groups is 1. The molecule has 0 atom stereocenters. The molecule has 1 aromatic rings. The van der Waals surface area contributed by atoms with Crippen LogP contribution in [0.1, 0.15) is 26.5 Å². The van der Waals surface area contributed by atoms with E-state index in [1.165, 1.54) is 0 Å². The SMILES string of the molecule is CCNC(=O)N(Cc1cccn1C)C(C)C. The minimum atomic E-state index is -0.00120. The molecule has 0 aliphatic carbocycles. The Morgan fingerprint density at radius 3 is 2.69 bits per heavy atom. The van der Waals surface area contributed by atoms with Crippen LogP contribution in [0, 0.1) is 0 Å². The summed E-state index contributed by atoms with van der Waals surface area (Å²) in [5.41, 5.74) is 1.14. The first kappa shape index (κ1) is 12.6. The van der Waals surface area contributed by atoms with Crippen LogP contribution < -0.4 is 5.32 Å². The fourth-order valence-corrected chi connectivity index (χ4v) is 1.58. The lowest BCUT2D eigenvalue weighted by molar-refractivity contribution is 0.179. The number of aryl methyl sites for hydroxylation is 1. The number of hydrogen-bond donors (Lipinski definition) is 1. The first-order valence-electron chi connectivity index (χ1n) is 5.71. The Hall–Kier alpha value is -1.45. The lowest BCUT2D eigenvalue weighted by Crippen LogP contribution is -2.43. The molecule has 2 amide bonds. The monoisotopic (exact) mass is 223 g/mol. The average Bonchev–Trinajstić information content (AvgIpc) is 2.60. The molecule has 0 aromatic carbocycles. The fourth-order valence-electron chi connectivity index (χ4n) is 1.58. The molecule has 4 nitrogen and oxygen atoms in total. The summed E-state index contributed by atoms with van der Waals surface area (Å²) in [5.74, 6) is 0. The van der Waals surface area contributed by atoms with Gasteiger partial charge in [-0.2, -0.15) is 0 Å². The maximum absolute atomic E-state index is 11.8. The third kappa shape index (κ3) is 3.02. The topological polar surface area (TPSA) is 37.3 Å². The summed E-state index contributed by atoms with van der Waals surface area (Å²) in [6.07, 6.45) is 1.99. The Bertz CT molecular complexity index is 344. The summed E-state index contributed by atoms with van der Waals surface area (Å²) in [6.45, 7) is 7.29. The number of amides is 2. The molecule has 1 aromatic heterocycles. The molecule has 0 saturated carbocycles. The number of urea groups is 1. The van der Waals surface area contributed by atoms with E-state index in [0.29, 0.717) is 13.1 Å². The summed E-state index contributed by atoms with van der Waals surface area (Å²) in [7, 11) is 1.99. The van der Waals surface area contributed by atoms with Crippen LogP contribution >= 0.6 is 0 Å². The van der Waals surface area contributed by atoms with Gasteiger partial charge in [0.2, 0.25) is 0 Å². The van der Waals surface area contributed by atoms with Crippen molar-refractivity contribution < 1.29 is 4.79 Å². The molecule has 0 aliphatic heterocycles. The summed E-state index contributed by atoms with van der Waals surface area (Å²) >= 11 is 0. The molecule has 1 heterocycles. The third-order valence-electron chi connectivity index (χ3n) is 2.60. The highest BCUT2D eigenvalue weighted by Crippen LogP contribution is 2.08. The number of aromatic nitrogens is 1. The van der Waals surface area contributed by atoms with Crippen LogP contribution in [0.15, 0.2) is 18.3 Å². The second-order valence-electron chi connectivity index (χ2n) is 4.17. The molecule has 4 heteroatoms. The Labute approximate surface area is 97.2 Å². The molecular weight excluding hydrogens is 202 g/mol. The highest BCUT2D eigenvalue weighted by Gasteiger charge is 2.17. The van der Waals surface area contributed by atoms with Crippen molar-refractivity contribution in [3.8, 4) is 0 Å². The summed E-state index contributed by atoms with van der Waals surface area (Å²) in [4.78, 5) is 13.7. The Kier molecular flexibility index (Phi) is 4.40. The summed E-state index contributed by atoms with van der Waals surface area (Å²) in [5, 5.41) is 2.84. The molecular formula is C12H21N3O. The van der Waals surface area contributed by atoms with Gasteiger partial charge in [-0.3, -0.25) is 0 Å². The minimum Gasteiger partial charge on any atom is -0.353 e. The van der Waals surface area contributed by atoms with E-state index >= 15 is 0 Å². The number of rotatable bonds is 4. The molecule has 0 fully saturated rings. The predicted octanol–water partition coefficient (Wildman–Crippen LogP) is 1.97. The molecule has 0 bridgehead atoms.